The van der Waals surface area contributed by atoms with E-state index in [1.807, 2.05) is 67.6 Å². The average Bonchev–Trinajstić information content (AvgIpc) is 2.91. The zero-order valence-electron chi connectivity index (χ0n) is 14.0. The zero-order chi connectivity index (χ0) is 17.6. The Kier molecular flexibility index (Phi) is 5.42. The number of hydrogen-bond acceptors (Lipinski definition) is 3. The van der Waals surface area contributed by atoms with Crippen LogP contribution < -0.4 is 10.1 Å². The largest absolute Gasteiger partial charge is 0.461 e. The molecule has 0 aromatic heterocycles. The van der Waals surface area contributed by atoms with Gasteiger partial charge in [0.25, 0.3) is 0 Å². The summed E-state index contributed by atoms with van der Waals surface area (Å²) in [5, 5.41) is 13.6. The van der Waals surface area contributed by atoms with Crippen LogP contribution in [-0.2, 0) is 0 Å². The van der Waals surface area contributed by atoms with Crippen LogP contribution in [0.4, 0.5) is 0 Å². The number of nitriles is 1. The lowest BCUT2D eigenvalue weighted by Gasteiger charge is -2.15. The molecular weight excluding hydrogens is 332 g/mol. The third kappa shape index (κ3) is 4.43. The van der Waals surface area contributed by atoms with Crippen LogP contribution in [0.15, 0.2) is 88.3 Å². The molecule has 1 aromatic rings. The second kappa shape index (κ2) is 7.92. The van der Waals surface area contributed by atoms with Crippen molar-refractivity contribution in [2.75, 3.05) is 0 Å². The zero-order valence-corrected chi connectivity index (χ0v) is 14.8. The molecule has 0 fully saturated rings. The summed E-state index contributed by atoms with van der Waals surface area (Å²) in [7, 11) is 0. The Morgan fingerprint density at radius 2 is 2.04 bits per heavy atom. The van der Waals surface area contributed by atoms with Gasteiger partial charge in [-0.3, -0.25) is 0 Å². The summed E-state index contributed by atoms with van der Waals surface area (Å²) in [5.74, 6) is 1.67. The van der Waals surface area contributed by atoms with E-state index in [0.29, 0.717) is 23.4 Å². The lowest BCUT2D eigenvalue weighted by atomic mass is 10.0. The van der Waals surface area contributed by atoms with E-state index < -0.39 is 0 Å². The molecule has 1 N–H and O–H groups in total. The monoisotopic (exact) mass is 350 g/mol. The highest BCUT2D eigenvalue weighted by Crippen LogP contribution is 2.27. The van der Waals surface area contributed by atoms with Crippen molar-refractivity contribution < 1.29 is 4.74 Å². The van der Waals surface area contributed by atoms with Gasteiger partial charge in [0.15, 0.2) is 0 Å². The first-order valence-electron chi connectivity index (χ1n) is 8.22. The molecule has 0 spiro atoms. The number of para-hydroxylation sites is 1. The number of rotatable bonds is 3. The fourth-order valence-electron chi connectivity index (χ4n) is 2.79. The highest BCUT2D eigenvalue weighted by molar-refractivity contribution is 6.29. The maximum Gasteiger partial charge on any atom is 0.126 e. The van der Waals surface area contributed by atoms with E-state index in [2.05, 4.69) is 11.4 Å². The molecule has 0 radical (unpaired) electrons. The third-order valence-corrected chi connectivity index (χ3v) is 4.19. The first kappa shape index (κ1) is 17.1. The molecule has 25 heavy (non-hydrogen) atoms. The van der Waals surface area contributed by atoms with Crippen molar-refractivity contribution in [3.63, 3.8) is 0 Å². The summed E-state index contributed by atoms with van der Waals surface area (Å²) >= 11 is 6.21. The number of benzene rings is 1. The van der Waals surface area contributed by atoms with Crippen LogP contribution in [0.3, 0.4) is 0 Å². The minimum absolute atomic E-state index is 0.0647. The molecule has 0 saturated heterocycles. The van der Waals surface area contributed by atoms with Crippen LogP contribution in [0, 0.1) is 11.3 Å². The Morgan fingerprint density at radius 1 is 1.24 bits per heavy atom. The molecule has 0 saturated carbocycles. The molecule has 1 aliphatic carbocycles. The molecule has 126 valence electrons. The quantitative estimate of drug-likeness (QED) is 0.823. The number of halogens is 1. The van der Waals surface area contributed by atoms with Crippen LogP contribution in [0.5, 0.6) is 5.75 Å². The number of hydrogen-bond donors (Lipinski definition) is 1. The molecule has 4 heteroatoms. The minimum Gasteiger partial charge on any atom is -0.461 e. The third-order valence-electron chi connectivity index (χ3n) is 3.93. The van der Waals surface area contributed by atoms with Gasteiger partial charge in [0, 0.05) is 23.9 Å². The summed E-state index contributed by atoms with van der Waals surface area (Å²) in [4.78, 5) is 0. The fraction of sp³-hybridized carbons (Fsp3) is 0.190. The Hall–Kier alpha value is -2.70. The van der Waals surface area contributed by atoms with E-state index in [4.69, 9.17) is 16.3 Å². The van der Waals surface area contributed by atoms with Gasteiger partial charge in [0.2, 0.25) is 0 Å². The van der Waals surface area contributed by atoms with Gasteiger partial charge in [-0.2, -0.15) is 5.26 Å². The highest BCUT2D eigenvalue weighted by atomic mass is 35.5. The normalized spacial score (nSPS) is 20.4. The molecular formula is C21H19ClN2O. The van der Waals surface area contributed by atoms with Crippen LogP contribution in [-0.4, -0.2) is 6.04 Å². The molecule has 2 aliphatic rings. The predicted octanol–water partition coefficient (Wildman–Crippen LogP) is 5.12. The lowest BCUT2D eigenvalue weighted by molar-refractivity contribution is 0.416. The summed E-state index contributed by atoms with van der Waals surface area (Å²) in [5.41, 5.74) is 2.42. The Balaban J connectivity index is 1.88. The number of ether oxygens (including phenoxy) is 1. The molecule has 1 heterocycles. The number of nitrogens with one attached hydrogen (secondary N) is 1. The first-order chi connectivity index (χ1) is 12.2. The Bertz CT molecular complexity index is 838. The molecule has 3 rings (SSSR count). The Labute approximate surface area is 153 Å². The van der Waals surface area contributed by atoms with Crippen molar-refractivity contribution in [3.05, 3.63) is 88.3 Å². The average molecular weight is 351 g/mol. The molecule has 1 aliphatic heterocycles. The van der Waals surface area contributed by atoms with E-state index in [1.165, 1.54) is 0 Å². The SMILES string of the molecule is CC1C=C(Cl)CC(C#N)=C(C2=CC=C(Oc3ccccc3)CC=C2)N1. The minimum atomic E-state index is 0.0647. The van der Waals surface area contributed by atoms with Crippen molar-refractivity contribution in [1.29, 1.82) is 5.26 Å². The van der Waals surface area contributed by atoms with Crippen LogP contribution in [0.2, 0.25) is 0 Å². The smallest absolute Gasteiger partial charge is 0.126 e. The molecule has 1 atom stereocenters. The second-order valence-electron chi connectivity index (χ2n) is 5.97. The van der Waals surface area contributed by atoms with E-state index in [9.17, 15) is 5.26 Å². The van der Waals surface area contributed by atoms with E-state index >= 15 is 0 Å². The van der Waals surface area contributed by atoms with Gasteiger partial charge in [-0.25, -0.2) is 0 Å². The van der Waals surface area contributed by atoms with E-state index in [1.54, 1.807) is 0 Å². The lowest BCUT2D eigenvalue weighted by Crippen LogP contribution is -2.24. The van der Waals surface area contributed by atoms with Crippen molar-refractivity contribution in [2.45, 2.75) is 25.8 Å². The van der Waals surface area contributed by atoms with Crippen molar-refractivity contribution in [1.82, 2.24) is 5.32 Å². The number of nitrogens with zero attached hydrogens (tertiary/aromatic N) is 1. The van der Waals surface area contributed by atoms with E-state index in [0.717, 1.165) is 22.8 Å². The van der Waals surface area contributed by atoms with Crippen LogP contribution in [0.1, 0.15) is 19.8 Å². The summed E-state index contributed by atoms with van der Waals surface area (Å²) in [6.07, 6.45) is 11.1. The van der Waals surface area contributed by atoms with Gasteiger partial charge in [-0.05, 0) is 42.9 Å². The maximum atomic E-state index is 9.51. The standard InChI is InChI=1S/C21H19ClN2O/c1-15-12-18(22)13-17(14-23)21(24-15)16-6-5-9-20(11-10-16)25-19-7-3-2-4-8-19/h2-8,10-12,15,24H,9,13H2,1H3. The van der Waals surface area contributed by atoms with Gasteiger partial charge in [-0.1, -0.05) is 42.0 Å². The predicted molar refractivity (Wildman–Crippen MR) is 101 cm³/mol. The van der Waals surface area contributed by atoms with Gasteiger partial charge in [0.1, 0.15) is 11.5 Å². The van der Waals surface area contributed by atoms with Gasteiger partial charge in [0.05, 0.1) is 17.3 Å². The summed E-state index contributed by atoms with van der Waals surface area (Å²) < 4.78 is 5.92. The Morgan fingerprint density at radius 3 is 2.80 bits per heavy atom. The molecule has 0 amide bonds. The topological polar surface area (TPSA) is 45.0 Å². The maximum absolute atomic E-state index is 9.51. The molecule has 0 bridgehead atoms. The first-order valence-corrected chi connectivity index (χ1v) is 8.60. The van der Waals surface area contributed by atoms with Crippen molar-refractivity contribution >= 4 is 11.6 Å². The van der Waals surface area contributed by atoms with Crippen molar-refractivity contribution in [3.8, 4) is 11.8 Å². The highest BCUT2D eigenvalue weighted by Gasteiger charge is 2.18. The summed E-state index contributed by atoms with van der Waals surface area (Å²) in [6, 6.07) is 12.1. The number of allylic oxidation sites excluding steroid dienone is 6. The van der Waals surface area contributed by atoms with Crippen LogP contribution >= 0.6 is 11.6 Å². The summed E-state index contributed by atoms with van der Waals surface area (Å²) in [6.45, 7) is 2.02. The van der Waals surface area contributed by atoms with Gasteiger partial charge < -0.3 is 10.1 Å². The van der Waals surface area contributed by atoms with Crippen LogP contribution in [0.25, 0.3) is 0 Å². The van der Waals surface area contributed by atoms with E-state index in [-0.39, 0.29) is 6.04 Å². The second-order valence-corrected chi connectivity index (χ2v) is 6.45. The van der Waals surface area contributed by atoms with Crippen molar-refractivity contribution in [2.24, 2.45) is 0 Å². The van der Waals surface area contributed by atoms with Gasteiger partial charge in [-0.15, -0.1) is 0 Å². The molecule has 3 nitrogen and oxygen atoms in total. The fourth-order valence-corrected chi connectivity index (χ4v) is 3.11. The van der Waals surface area contributed by atoms with Gasteiger partial charge >= 0.3 is 0 Å². The molecule has 1 unspecified atom stereocenters. The molecule has 1 aromatic carbocycles.